The average Bonchev–Trinajstić information content (AvgIpc) is 3.06. The smallest absolute Gasteiger partial charge is 0.318 e. The molecular formula is C19H31N3O2. The Bertz CT molecular complexity index is 479. The highest BCUT2D eigenvalue weighted by Crippen LogP contribution is 2.34. The van der Waals surface area contributed by atoms with Crippen LogP contribution in [0.25, 0.3) is 0 Å². The molecule has 1 aliphatic heterocycles. The van der Waals surface area contributed by atoms with Gasteiger partial charge in [0.15, 0.2) is 0 Å². The number of rotatable bonds is 4. The number of hydrogen-bond donors (Lipinski definition) is 1. The summed E-state index contributed by atoms with van der Waals surface area (Å²) in [4.78, 5) is 29.5. The maximum absolute atomic E-state index is 12.8. The highest BCUT2D eigenvalue weighted by atomic mass is 16.2. The van der Waals surface area contributed by atoms with Gasteiger partial charge in [-0.25, -0.2) is 4.79 Å². The summed E-state index contributed by atoms with van der Waals surface area (Å²) >= 11 is 0. The molecule has 1 saturated heterocycles. The number of likely N-dealkylation sites (tertiary alicyclic amines) is 1. The highest BCUT2D eigenvalue weighted by molar-refractivity contribution is 5.80. The van der Waals surface area contributed by atoms with Crippen LogP contribution in [0.15, 0.2) is 0 Å². The molecule has 5 nitrogen and oxygen atoms in total. The first-order valence-corrected chi connectivity index (χ1v) is 10.1. The molecule has 0 aromatic rings. The molecule has 4 fully saturated rings. The molecule has 0 aromatic heterocycles. The van der Waals surface area contributed by atoms with Gasteiger partial charge in [0.2, 0.25) is 5.91 Å². The predicted molar refractivity (Wildman–Crippen MR) is 92.6 cm³/mol. The minimum Gasteiger partial charge on any atom is -0.340 e. The van der Waals surface area contributed by atoms with Gasteiger partial charge in [-0.2, -0.15) is 0 Å². The Kier molecular flexibility index (Phi) is 4.68. The Morgan fingerprint density at radius 2 is 1.46 bits per heavy atom. The first-order valence-electron chi connectivity index (χ1n) is 10.1. The summed E-state index contributed by atoms with van der Waals surface area (Å²) in [5.41, 5.74) is 0. The monoisotopic (exact) mass is 333 g/mol. The Morgan fingerprint density at radius 1 is 0.833 bits per heavy atom. The van der Waals surface area contributed by atoms with E-state index in [-0.39, 0.29) is 18.0 Å². The molecule has 24 heavy (non-hydrogen) atoms. The van der Waals surface area contributed by atoms with Crippen LogP contribution in [0.4, 0.5) is 4.79 Å². The number of amides is 3. The molecule has 3 aliphatic carbocycles. The molecule has 0 spiro atoms. The summed E-state index contributed by atoms with van der Waals surface area (Å²) < 4.78 is 0. The summed E-state index contributed by atoms with van der Waals surface area (Å²) in [6.45, 7) is 1.53. The van der Waals surface area contributed by atoms with E-state index in [1.54, 1.807) is 0 Å². The van der Waals surface area contributed by atoms with E-state index in [1.165, 1.54) is 51.4 Å². The van der Waals surface area contributed by atoms with E-state index in [0.717, 1.165) is 25.8 Å². The maximum Gasteiger partial charge on any atom is 0.318 e. The van der Waals surface area contributed by atoms with E-state index in [9.17, 15) is 9.59 Å². The number of hydrogen-bond acceptors (Lipinski definition) is 2. The van der Waals surface area contributed by atoms with Crippen molar-refractivity contribution in [2.75, 3.05) is 13.1 Å². The largest absolute Gasteiger partial charge is 0.340 e. The van der Waals surface area contributed by atoms with Gasteiger partial charge in [0.25, 0.3) is 0 Å². The maximum atomic E-state index is 12.8. The number of nitrogens with zero attached hydrogens (tertiary/aromatic N) is 2. The van der Waals surface area contributed by atoms with Crippen molar-refractivity contribution in [3.05, 3.63) is 0 Å². The van der Waals surface area contributed by atoms with Crippen LogP contribution in [0.5, 0.6) is 0 Å². The molecule has 134 valence electrons. The van der Waals surface area contributed by atoms with Crippen molar-refractivity contribution in [2.24, 2.45) is 5.92 Å². The van der Waals surface area contributed by atoms with Crippen molar-refractivity contribution in [3.8, 4) is 0 Å². The van der Waals surface area contributed by atoms with Gasteiger partial charge < -0.3 is 15.1 Å². The van der Waals surface area contributed by atoms with Gasteiger partial charge in [0, 0.05) is 37.1 Å². The number of nitrogens with one attached hydrogen (secondary N) is 1. The van der Waals surface area contributed by atoms with Gasteiger partial charge in [0.1, 0.15) is 0 Å². The van der Waals surface area contributed by atoms with Crippen molar-refractivity contribution < 1.29 is 9.59 Å². The first kappa shape index (κ1) is 16.2. The van der Waals surface area contributed by atoms with E-state index in [4.69, 9.17) is 0 Å². The Balaban J connectivity index is 1.30. The van der Waals surface area contributed by atoms with Crippen LogP contribution >= 0.6 is 0 Å². The summed E-state index contributed by atoms with van der Waals surface area (Å²) in [6, 6.07) is 1.20. The second-order valence-corrected chi connectivity index (χ2v) is 8.28. The average molecular weight is 333 g/mol. The normalized spacial score (nSPS) is 28.5. The molecule has 0 unspecified atom stereocenters. The first-order chi connectivity index (χ1) is 11.7. The van der Waals surface area contributed by atoms with E-state index in [1.807, 2.05) is 4.90 Å². The van der Waals surface area contributed by atoms with Crippen LogP contribution < -0.4 is 5.32 Å². The molecule has 0 aromatic carbocycles. The summed E-state index contributed by atoms with van der Waals surface area (Å²) in [7, 11) is 0. The van der Waals surface area contributed by atoms with Crippen molar-refractivity contribution >= 4 is 11.9 Å². The zero-order chi connectivity index (χ0) is 16.5. The predicted octanol–water partition coefficient (Wildman–Crippen LogP) is 2.89. The minimum atomic E-state index is 0.129. The van der Waals surface area contributed by atoms with Crippen LogP contribution in [-0.4, -0.2) is 53.0 Å². The van der Waals surface area contributed by atoms with Crippen LogP contribution in [0, 0.1) is 5.92 Å². The molecule has 1 N–H and O–H groups in total. The molecule has 4 rings (SSSR count). The summed E-state index contributed by atoms with van der Waals surface area (Å²) in [6.07, 6.45) is 12.6. The molecular weight excluding hydrogens is 302 g/mol. The van der Waals surface area contributed by atoms with Gasteiger partial charge in [-0.15, -0.1) is 0 Å². The van der Waals surface area contributed by atoms with E-state index in [0.29, 0.717) is 24.5 Å². The molecule has 4 aliphatic rings. The lowest BCUT2D eigenvalue weighted by Crippen LogP contribution is -2.50. The SMILES string of the molecule is O=C(C1CCCC1)N1CC[C@@H](NC(=O)N(C2CCCC2)C2CC2)C1. The van der Waals surface area contributed by atoms with Gasteiger partial charge >= 0.3 is 6.03 Å². The minimum absolute atomic E-state index is 0.129. The van der Waals surface area contributed by atoms with Gasteiger partial charge in [0.05, 0.1) is 0 Å². The van der Waals surface area contributed by atoms with Gasteiger partial charge in [-0.1, -0.05) is 25.7 Å². The second kappa shape index (κ2) is 6.93. The van der Waals surface area contributed by atoms with Crippen LogP contribution in [-0.2, 0) is 4.79 Å². The molecule has 1 atom stereocenters. The van der Waals surface area contributed by atoms with E-state index in [2.05, 4.69) is 10.2 Å². The lowest BCUT2D eigenvalue weighted by Gasteiger charge is -2.30. The van der Waals surface area contributed by atoms with Gasteiger partial charge in [-0.05, 0) is 44.9 Å². The van der Waals surface area contributed by atoms with Crippen LogP contribution in [0.1, 0.15) is 70.6 Å². The number of carbonyl (C=O) groups is 2. The lowest BCUT2D eigenvalue weighted by molar-refractivity contribution is -0.134. The van der Waals surface area contributed by atoms with E-state index < -0.39 is 0 Å². The lowest BCUT2D eigenvalue weighted by atomic mass is 10.1. The standard InChI is InChI=1S/C19H31N3O2/c23-18(14-5-1-2-6-14)21-12-11-15(13-21)20-19(24)22(17-9-10-17)16-7-3-4-8-16/h14-17H,1-13H2,(H,20,24)/t15-/m1/s1. The molecule has 0 radical (unpaired) electrons. The van der Waals surface area contributed by atoms with Crippen molar-refractivity contribution in [2.45, 2.75) is 88.8 Å². The quantitative estimate of drug-likeness (QED) is 0.860. The van der Waals surface area contributed by atoms with Gasteiger partial charge in [-0.3, -0.25) is 4.79 Å². The summed E-state index contributed by atoms with van der Waals surface area (Å²) in [5.74, 6) is 0.583. The summed E-state index contributed by atoms with van der Waals surface area (Å²) in [5, 5.41) is 3.25. The van der Waals surface area contributed by atoms with Crippen molar-refractivity contribution in [1.29, 1.82) is 0 Å². The zero-order valence-corrected chi connectivity index (χ0v) is 14.7. The molecule has 0 bridgehead atoms. The third kappa shape index (κ3) is 3.40. The molecule has 3 amide bonds. The van der Waals surface area contributed by atoms with Crippen molar-refractivity contribution in [1.82, 2.24) is 15.1 Å². The van der Waals surface area contributed by atoms with E-state index >= 15 is 0 Å². The molecule has 5 heteroatoms. The fourth-order valence-electron chi connectivity index (χ4n) is 4.92. The molecule has 3 saturated carbocycles. The molecule has 1 heterocycles. The van der Waals surface area contributed by atoms with Crippen molar-refractivity contribution in [3.63, 3.8) is 0 Å². The topological polar surface area (TPSA) is 52.7 Å². The Hall–Kier alpha value is -1.26. The van der Waals surface area contributed by atoms with Crippen LogP contribution in [0.3, 0.4) is 0 Å². The second-order valence-electron chi connectivity index (χ2n) is 8.28. The third-order valence-corrected chi connectivity index (χ3v) is 6.42. The zero-order valence-electron chi connectivity index (χ0n) is 14.7. The fraction of sp³-hybridized carbons (Fsp3) is 0.895. The Morgan fingerprint density at radius 3 is 2.12 bits per heavy atom. The number of carbonyl (C=O) groups excluding carboxylic acids is 2. The number of urea groups is 1. The highest BCUT2D eigenvalue weighted by Gasteiger charge is 2.40. The van der Waals surface area contributed by atoms with Crippen LogP contribution in [0.2, 0.25) is 0 Å². The Labute approximate surface area is 145 Å². The fourth-order valence-corrected chi connectivity index (χ4v) is 4.92. The third-order valence-electron chi connectivity index (χ3n) is 6.42.